The van der Waals surface area contributed by atoms with Crippen LogP contribution in [0.4, 0.5) is 0 Å². The molecular weight excluding hydrogens is 392 g/mol. The molecule has 4 aromatic rings. The lowest BCUT2D eigenvalue weighted by Gasteiger charge is -2.18. The second-order valence-corrected chi connectivity index (χ2v) is 7.20. The molecular formula is C26H20O5. The second-order valence-electron chi connectivity index (χ2n) is 7.20. The van der Waals surface area contributed by atoms with Gasteiger partial charge in [-0.25, -0.2) is 4.79 Å². The molecule has 0 saturated carbocycles. The van der Waals surface area contributed by atoms with Crippen molar-refractivity contribution in [3.8, 4) is 34.1 Å². The number of aromatic hydroxyl groups is 2. The fourth-order valence-corrected chi connectivity index (χ4v) is 3.55. The Labute approximate surface area is 179 Å². The largest absolute Gasteiger partial charge is 0.508 e. The van der Waals surface area contributed by atoms with Gasteiger partial charge in [-0.15, -0.1) is 0 Å². The molecule has 5 heteroatoms. The van der Waals surface area contributed by atoms with Crippen LogP contribution in [0.2, 0.25) is 0 Å². The van der Waals surface area contributed by atoms with E-state index < -0.39 is 5.97 Å². The number of fused-ring (bicyclic) bond motifs is 1. The highest BCUT2D eigenvalue weighted by Gasteiger charge is 2.16. The summed E-state index contributed by atoms with van der Waals surface area (Å²) in [7, 11) is 0. The van der Waals surface area contributed by atoms with E-state index in [1.54, 1.807) is 60.7 Å². The van der Waals surface area contributed by atoms with Crippen molar-refractivity contribution in [2.24, 2.45) is 0 Å². The molecule has 4 aromatic carbocycles. The van der Waals surface area contributed by atoms with Gasteiger partial charge >= 0.3 is 5.97 Å². The molecule has 4 rings (SSSR count). The quantitative estimate of drug-likeness (QED) is 0.344. The number of benzene rings is 4. The van der Waals surface area contributed by atoms with Crippen LogP contribution in [0.1, 0.15) is 11.1 Å². The number of carboxylic acids is 1. The fourth-order valence-electron chi connectivity index (χ4n) is 3.55. The minimum absolute atomic E-state index is 0.156. The Morgan fingerprint density at radius 2 is 1.65 bits per heavy atom. The molecule has 0 saturated heterocycles. The standard InChI is InChI=1S/C26H20O5/c1-16-13-19-15-21(28)8-11-23(19)26(25(16)18-3-2-4-20(27)14-18)31-22-9-5-17(6-10-22)7-12-24(29)30/h2-15,27-28H,1H3,(H,29,30). The highest BCUT2D eigenvalue weighted by atomic mass is 16.5. The topological polar surface area (TPSA) is 87.0 Å². The van der Waals surface area contributed by atoms with Gasteiger partial charge < -0.3 is 20.1 Å². The average Bonchev–Trinajstić information content (AvgIpc) is 2.73. The van der Waals surface area contributed by atoms with Crippen LogP contribution in [0.15, 0.2) is 78.9 Å². The molecule has 0 aromatic heterocycles. The number of hydrogen-bond acceptors (Lipinski definition) is 4. The lowest BCUT2D eigenvalue weighted by atomic mass is 9.94. The Bertz CT molecular complexity index is 1300. The van der Waals surface area contributed by atoms with Crippen molar-refractivity contribution in [2.45, 2.75) is 6.92 Å². The second kappa shape index (κ2) is 8.24. The van der Waals surface area contributed by atoms with Gasteiger partial charge in [-0.05, 0) is 77.5 Å². The summed E-state index contributed by atoms with van der Waals surface area (Å²) in [4.78, 5) is 10.7. The summed E-state index contributed by atoms with van der Waals surface area (Å²) < 4.78 is 6.31. The molecule has 0 aliphatic heterocycles. The molecule has 0 bridgehead atoms. The molecule has 154 valence electrons. The zero-order valence-electron chi connectivity index (χ0n) is 16.7. The first kappa shape index (κ1) is 20.0. The van der Waals surface area contributed by atoms with Crippen LogP contribution in [0.25, 0.3) is 28.0 Å². The van der Waals surface area contributed by atoms with Crippen molar-refractivity contribution in [1.82, 2.24) is 0 Å². The molecule has 3 N–H and O–H groups in total. The maximum absolute atomic E-state index is 10.7. The summed E-state index contributed by atoms with van der Waals surface area (Å²) in [6.45, 7) is 1.95. The van der Waals surface area contributed by atoms with Crippen molar-refractivity contribution < 1.29 is 24.9 Å². The van der Waals surface area contributed by atoms with Crippen LogP contribution in [0, 0.1) is 6.92 Å². The van der Waals surface area contributed by atoms with Crippen LogP contribution in [0.5, 0.6) is 23.0 Å². The Balaban J connectivity index is 1.85. The third-order valence-corrected chi connectivity index (χ3v) is 4.93. The number of aliphatic carboxylic acids is 1. The summed E-state index contributed by atoms with van der Waals surface area (Å²) in [6.07, 6.45) is 2.59. The predicted molar refractivity (Wildman–Crippen MR) is 121 cm³/mol. The number of rotatable bonds is 5. The Morgan fingerprint density at radius 3 is 2.35 bits per heavy atom. The van der Waals surface area contributed by atoms with Crippen LogP contribution in [-0.2, 0) is 4.79 Å². The molecule has 5 nitrogen and oxygen atoms in total. The third kappa shape index (κ3) is 4.36. The van der Waals surface area contributed by atoms with E-state index in [2.05, 4.69) is 0 Å². The Hall–Kier alpha value is -4.25. The van der Waals surface area contributed by atoms with Gasteiger partial charge in [-0.1, -0.05) is 30.3 Å². The maximum Gasteiger partial charge on any atom is 0.328 e. The molecule has 0 fully saturated rings. The van der Waals surface area contributed by atoms with E-state index in [9.17, 15) is 15.0 Å². The molecule has 31 heavy (non-hydrogen) atoms. The Morgan fingerprint density at radius 1 is 0.903 bits per heavy atom. The van der Waals surface area contributed by atoms with E-state index in [-0.39, 0.29) is 11.5 Å². The van der Waals surface area contributed by atoms with E-state index in [1.807, 2.05) is 19.1 Å². The number of phenols is 2. The van der Waals surface area contributed by atoms with Gasteiger partial charge in [0.05, 0.1) is 0 Å². The lowest BCUT2D eigenvalue weighted by Crippen LogP contribution is -1.94. The Kier molecular flexibility index (Phi) is 5.33. The van der Waals surface area contributed by atoms with Crippen LogP contribution in [-0.4, -0.2) is 21.3 Å². The van der Waals surface area contributed by atoms with Gasteiger partial charge in [0.25, 0.3) is 0 Å². The minimum atomic E-state index is -1.01. The predicted octanol–water partition coefficient (Wildman–Crippen LogP) is 6.12. The van der Waals surface area contributed by atoms with E-state index in [4.69, 9.17) is 9.84 Å². The van der Waals surface area contributed by atoms with Crippen LogP contribution >= 0.6 is 0 Å². The van der Waals surface area contributed by atoms with E-state index in [0.717, 1.165) is 39.1 Å². The first-order valence-electron chi connectivity index (χ1n) is 9.65. The molecule has 0 radical (unpaired) electrons. The fraction of sp³-hybridized carbons (Fsp3) is 0.0385. The normalized spacial score (nSPS) is 11.1. The van der Waals surface area contributed by atoms with Crippen molar-refractivity contribution in [3.63, 3.8) is 0 Å². The maximum atomic E-state index is 10.7. The number of ether oxygens (including phenoxy) is 1. The zero-order chi connectivity index (χ0) is 22.0. The summed E-state index contributed by atoms with van der Waals surface area (Å²) in [5.41, 5.74) is 3.31. The monoisotopic (exact) mass is 412 g/mol. The average molecular weight is 412 g/mol. The molecule has 0 amide bonds. The molecule has 0 spiro atoms. The van der Waals surface area contributed by atoms with E-state index in [1.165, 1.54) is 6.08 Å². The summed E-state index contributed by atoms with van der Waals surface area (Å²) in [5.74, 6) is 0.495. The molecule has 0 unspecified atom stereocenters. The number of phenolic OH excluding ortho intramolecular Hbond substituents is 2. The van der Waals surface area contributed by atoms with Gasteiger partial charge in [0.2, 0.25) is 0 Å². The van der Waals surface area contributed by atoms with E-state index >= 15 is 0 Å². The summed E-state index contributed by atoms with van der Waals surface area (Å²) in [5, 5.41) is 30.3. The zero-order valence-corrected chi connectivity index (χ0v) is 16.7. The van der Waals surface area contributed by atoms with Gasteiger partial charge in [0.15, 0.2) is 0 Å². The number of carboxylic acid groups (broad SMARTS) is 1. The highest BCUT2D eigenvalue weighted by molar-refractivity contribution is 5.97. The SMILES string of the molecule is Cc1cc2cc(O)ccc2c(Oc2ccc(C=CC(=O)O)cc2)c1-c1cccc(O)c1. The van der Waals surface area contributed by atoms with E-state index in [0.29, 0.717) is 11.5 Å². The van der Waals surface area contributed by atoms with Gasteiger partial charge in [0, 0.05) is 17.0 Å². The van der Waals surface area contributed by atoms with Crippen molar-refractivity contribution in [2.75, 3.05) is 0 Å². The van der Waals surface area contributed by atoms with Crippen LogP contribution in [0.3, 0.4) is 0 Å². The smallest absolute Gasteiger partial charge is 0.328 e. The van der Waals surface area contributed by atoms with Crippen molar-refractivity contribution >= 4 is 22.8 Å². The first-order valence-corrected chi connectivity index (χ1v) is 9.65. The number of aryl methyl sites for hydroxylation is 1. The minimum Gasteiger partial charge on any atom is -0.508 e. The van der Waals surface area contributed by atoms with Crippen molar-refractivity contribution in [3.05, 3.63) is 90.0 Å². The number of hydrogen-bond donors (Lipinski definition) is 3. The van der Waals surface area contributed by atoms with Crippen molar-refractivity contribution in [1.29, 1.82) is 0 Å². The van der Waals surface area contributed by atoms with Gasteiger partial charge in [0.1, 0.15) is 23.0 Å². The molecule has 0 aliphatic rings. The van der Waals surface area contributed by atoms with Gasteiger partial charge in [-0.3, -0.25) is 0 Å². The summed E-state index contributed by atoms with van der Waals surface area (Å²) >= 11 is 0. The molecule has 0 atom stereocenters. The number of carbonyl (C=O) groups is 1. The van der Waals surface area contributed by atoms with Crippen LogP contribution < -0.4 is 4.74 Å². The molecule has 0 aliphatic carbocycles. The third-order valence-electron chi connectivity index (χ3n) is 4.93. The first-order chi connectivity index (χ1) is 14.9. The molecule has 0 heterocycles. The summed E-state index contributed by atoms with van der Waals surface area (Å²) in [6, 6.07) is 21.1. The highest BCUT2D eigenvalue weighted by Crippen LogP contribution is 2.43. The van der Waals surface area contributed by atoms with Gasteiger partial charge in [-0.2, -0.15) is 0 Å². The lowest BCUT2D eigenvalue weighted by molar-refractivity contribution is -0.131.